The van der Waals surface area contributed by atoms with E-state index in [1.54, 1.807) is 0 Å². The van der Waals surface area contributed by atoms with Crippen molar-refractivity contribution < 1.29 is 19.0 Å². The maximum absolute atomic E-state index is 10.9. The van der Waals surface area contributed by atoms with Gasteiger partial charge >= 0.3 is 5.97 Å². The van der Waals surface area contributed by atoms with Crippen LogP contribution >= 0.6 is 0 Å². The summed E-state index contributed by atoms with van der Waals surface area (Å²) in [4.78, 5) is 10.9. The Balaban J connectivity index is 1.75. The van der Waals surface area contributed by atoms with Crippen molar-refractivity contribution in [2.45, 2.75) is 65.4 Å². The van der Waals surface area contributed by atoms with E-state index in [9.17, 15) is 4.79 Å². The van der Waals surface area contributed by atoms with Gasteiger partial charge < -0.3 is 14.2 Å². The van der Waals surface area contributed by atoms with Gasteiger partial charge in [-0.25, -0.2) is 0 Å². The number of ether oxygens (including phenoxy) is 3. The fraction of sp³-hybridized carbons (Fsp3) is 0.480. The predicted octanol–water partition coefficient (Wildman–Crippen LogP) is 6.42. The highest BCUT2D eigenvalue weighted by Gasteiger charge is 2.06. The van der Waals surface area contributed by atoms with Crippen LogP contribution in [-0.4, -0.2) is 25.3 Å². The fourth-order valence-corrected chi connectivity index (χ4v) is 3.09. The average molecular weight is 399 g/mol. The second-order valence-electron chi connectivity index (χ2n) is 7.40. The Hall–Kier alpha value is -2.49. The molecule has 0 saturated carbocycles. The van der Waals surface area contributed by atoms with E-state index in [2.05, 4.69) is 19.1 Å². The van der Waals surface area contributed by atoms with E-state index in [1.807, 2.05) is 43.3 Å². The lowest BCUT2D eigenvalue weighted by molar-refractivity contribution is -0.146. The molecule has 0 aromatic heterocycles. The number of benzene rings is 2. The average Bonchev–Trinajstić information content (AvgIpc) is 2.72. The van der Waals surface area contributed by atoms with Crippen molar-refractivity contribution in [3.05, 3.63) is 48.5 Å². The molecule has 2 rings (SSSR count). The molecule has 0 radical (unpaired) electrons. The second kappa shape index (κ2) is 12.9. The molecule has 0 amide bonds. The van der Waals surface area contributed by atoms with Gasteiger partial charge in [0.05, 0.1) is 6.61 Å². The second-order valence-corrected chi connectivity index (χ2v) is 7.40. The van der Waals surface area contributed by atoms with Gasteiger partial charge in [0.1, 0.15) is 24.2 Å². The molecule has 0 N–H and O–H groups in total. The zero-order valence-corrected chi connectivity index (χ0v) is 18.0. The van der Waals surface area contributed by atoms with Gasteiger partial charge in [0, 0.05) is 6.92 Å². The molecule has 2 aromatic rings. The highest BCUT2D eigenvalue weighted by Crippen LogP contribution is 2.25. The molecule has 4 nitrogen and oxygen atoms in total. The molecule has 2 aromatic carbocycles. The number of hydrogen-bond donors (Lipinski definition) is 0. The number of rotatable bonds is 13. The van der Waals surface area contributed by atoms with E-state index < -0.39 is 0 Å². The fourth-order valence-electron chi connectivity index (χ4n) is 3.09. The molecular formula is C25H34O4. The maximum Gasteiger partial charge on any atom is 0.303 e. The van der Waals surface area contributed by atoms with Crippen LogP contribution < -0.4 is 9.47 Å². The Labute approximate surface area is 175 Å². The SMILES string of the molecule is CCCCCCCCOc1ccc(-c2ccc(OCC(C)OC(C)=O)cc2)cc1. The Morgan fingerprint density at radius 3 is 1.86 bits per heavy atom. The van der Waals surface area contributed by atoms with Crippen molar-refractivity contribution in [1.82, 2.24) is 0 Å². The van der Waals surface area contributed by atoms with E-state index in [4.69, 9.17) is 14.2 Å². The van der Waals surface area contributed by atoms with Crippen molar-refractivity contribution in [2.24, 2.45) is 0 Å². The lowest BCUT2D eigenvalue weighted by Gasteiger charge is -2.13. The summed E-state index contributed by atoms with van der Waals surface area (Å²) in [6, 6.07) is 16.1. The van der Waals surface area contributed by atoms with Crippen LogP contribution in [0.25, 0.3) is 11.1 Å². The van der Waals surface area contributed by atoms with Gasteiger partial charge in [0.2, 0.25) is 0 Å². The molecule has 1 atom stereocenters. The van der Waals surface area contributed by atoms with Gasteiger partial charge in [-0.05, 0) is 48.7 Å². The molecule has 29 heavy (non-hydrogen) atoms. The monoisotopic (exact) mass is 398 g/mol. The zero-order chi connectivity index (χ0) is 20.9. The molecule has 0 aliphatic heterocycles. The Bertz CT molecular complexity index is 707. The zero-order valence-electron chi connectivity index (χ0n) is 18.0. The quantitative estimate of drug-likeness (QED) is 0.288. The van der Waals surface area contributed by atoms with E-state index >= 15 is 0 Å². The first-order valence-electron chi connectivity index (χ1n) is 10.7. The summed E-state index contributed by atoms with van der Waals surface area (Å²) in [7, 11) is 0. The normalized spacial score (nSPS) is 11.7. The molecule has 158 valence electrons. The van der Waals surface area contributed by atoms with Crippen molar-refractivity contribution >= 4 is 5.97 Å². The van der Waals surface area contributed by atoms with E-state index in [1.165, 1.54) is 39.0 Å². The van der Waals surface area contributed by atoms with Crippen LogP contribution in [-0.2, 0) is 9.53 Å². The first-order chi connectivity index (χ1) is 14.1. The van der Waals surface area contributed by atoms with Gasteiger partial charge in [0.15, 0.2) is 0 Å². The van der Waals surface area contributed by atoms with Crippen LogP contribution in [0.15, 0.2) is 48.5 Å². The molecule has 0 bridgehead atoms. The first kappa shape index (κ1) is 22.8. The van der Waals surface area contributed by atoms with Crippen LogP contribution in [0.5, 0.6) is 11.5 Å². The number of unbranched alkanes of at least 4 members (excludes halogenated alkanes) is 5. The highest BCUT2D eigenvalue weighted by molar-refractivity contribution is 5.66. The number of carbonyl (C=O) groups excluding carboxylic acids is 1. The Morgan fingerprint density at radius 1 is 0.793 bits per heavy atom. The smallest absolute Gasteiger partial charge is 0.303 e. The van der Waals surface area contributed by atoms with E-state index in [0.29, 0.717) is 6.61 Å². The minimum absolute atomic E-state index is 0.268. The Kier molecular flexibility index (Phi) is 10.1. The molecule has 1 unspecified atom stereocenters. The van der Waals surface area contributed by atoms with Crippen LogP contribution in [0.3, 0.4) is 0 Å². The molecule has 0 aliphatic carbocycles. The maximum atomic E-state index is 10.9. The number of carbonyl (C=O) groups is 1. The van der Waals surface area contributed by atoms with Gasteiger partial charge in [0.25, 0.3) is 0 Å². The van der Waals surface area contributed by atoms with Crippen LogP contribution in [0, 0.1) is 0 Å². The van der Waals surface area contributed by atoms with Gasteiger partial charge in [-0.3, -0.25) is 4.79 Å². The van der Waals surface area contributed by atoms with E-state index in [-0.39, 0.29) is 12.1 Å². The molecule has 0 spiro atoms. The van der Waals surface area contributed by atoms with Crippen molar-refractivity contribution in [1.29, 1.82) is 0 Å². The third-order valence-electron chi connectivity index (χ3n) is 4.66. The summed E-state index contributed by atoms with van der Waals surface area (Å²) in [6.45, 7) is 6.57. The molecule has 0 heterocycles. The minimum atomic E-state index is -0.296. The van der Waals surface area contributed by atoms with Crippen LogP contribution in [0.4, 0.5) is 0 Å². The molecule has 0 saturated heterocycles. The minimum Gasteiger partial charge on any atom is -0.494 e. The van der Waals surface area contributed by atoms with Gasteiger partial charge in [-0.15, -0.1) is 0 Å². The lowest BCUT2D eigenvalue weighted by Crippen LogP contribution is -2.20. The topological polar surface area (TPSA) is 44.8 Å². The third kappa shape index (κ3) is 9.03. The van der Waals surface area contributed by atoms with Crippen molar-refractivity contribution in [2.75, 3.05) is 13.2 Å². The van der Waals surface area contributed by atoms with Crippen LogP contribution in [0.1, 0.15) is 59.3 Å². The first-order valence-corrected chi connectivity index (χ1v) is 10.7. The summed E-state index contributed by atoms with van der Waals surface area (Å²) in [5.41, 5.74) is 2.25. The van der Waals surface area contributed by atoms with Crippen molar-refractivity contribution in [3.8, 4) is 22.6 Å². The summed E-state index contributed by atoms with van der Waals surface area (Å²) in [5.74, 6) is 1.38. The number of hydrogen-bond acceptors (Lipinski definition) is 4. The summed E-state index contributed by atoms with van der Waals surface area (Å²) >= 11 is 0. The molecule has 4 heteroatoms. The molecular weight excluding hydrogens is 364 g/mol. The summed E-state index contributed by atoms with van der Waals surface area (Å²) in [6.07, 6.45) is 7.35. The highest BCUT2D eigenvalue weighted by atomic mass is 16.6. The standard InChI is InChI=1S/C25H34O4/c1-4-5-6-7-8-9-18-27-24-14-10-22(11-15-24)23-12-16-25(17-13-23)28-19-20(2)29-21(3)26/h10-17,20H,4-9,18-19H2,1-3H3. The van der Waals surface area contributed by atoms with Crippen LogP contribution in [0.2, 0.25) is 0 Å². The van der Waals surface area contributed by atoms with E-state index in [0.717, 1.165) is 35.7 Å². The molecule has 0 aliphatic rings. The largest absolute Gasteiger partial charge is 0.494 e. The lowest BCUT2D eigenvalue weighted by atomic mass is 10.1. The number of esters is 1. The molecule has 0 fully saturated rings. The Morgan fingerprint density at radius 2 is 1.31 bits per heavy atom. The summed E-state index contributed by atoms with van der Waals surface area (Å²) < 4.78 is 16.6. The predicted molar refractivity (Wildman–Crippen MR) is 117 cm³/mol. The van der Waals surface area contributed by atoms with Gasteiger partial charge in [-0.2, -0.15) is 0 Å². The summed E-state index contributed by atoms with van der Waals surface area (Å²) in [5, 5.41) is 0. The van der Waals surface area contributed by atoms with Gasteiger partial charge in [-0.1, -0.05) is 63.3 Å². The van der Waals surface area contributed by atoms with Crippen molar-refractivity contribution in [3.63, 3.8) is 0 Å². The third-order valence-corrected chi connectivity index (χ3v) is 4.66.